The van der Waals surface area contributed by atoms with Crippen LogP contribution in [-0.2, 0) is 6.42 Å². The van der Waals surface area contributed by atoms with Crippen LogP contribution in [0.2, 0.25) is 0 Å². The summed E-state index contributed by atoms with van der Waals surface area (Å²) in [5.41, 5.74) is 0. The van der Waals surface area contributed by atoms with Crippen molar-refractivity contribution in [1.82, 2.24) is 10.2 Å². The summed E-state index contributed by atoms with van der Waals surface area (Å²) < 4.78 is 5.49. The molecule has 1 fully saturated rings. The Labute approximate surface area is 117 Å². The summed E-state index contributed by atoms with van der Waals surface area (Å²) >= 11 is 0. The molecular formula is C16H28N2O. The predicted molar refractivity (Wildman–Crippen MR) is 79.3 cm³/mol. The molecule has 0 spiro atoms. The number of nitrogens with zero attached hydrogens (tertiary/aromatic N) is 1. The minimum absolute atomic E-state index is 0.570. The van der Waals surface area contributed by atoms with E-state index in [0.717, 1.165) is 18.1 Å². The van der Waals surface area contributed by atoms with E-state index in [-0.39, 0.29) is 0 Å². The summed E-state index contributed by atoms with van der Waals surface area (Å²) in [6.07, 6.45) is 6.69. The van der Waals surface area contributed by atoms with Crippen LogP contribution >= 0.6 is 0 Å². The standard InChI is InChI=1S/C16H28N2O/c1-3-10-18(13-15-6-8-17-9-7-15)14(2)12-16-5-4-11-19-16/h4-5,11,14-15,17H,3,6-10,12-13H2,1-2H3. The second kappa shape index (κ2) is 7.71. The van der Waals surface area contributed by atoms with Crippen molar-refractivity contribution in [2.45, 2.75) is 45.6 Å². The molecule has 0 radical (unpaired) electrons. The van der Waals surface area contributed by atoms with Crippen LogP contribution in [0.4, 0.5) is 0 Å². The molecule has 108 valence electrons. The van der Waals surface area contributed by atoms with Gasteiger partial charge in [-0.25, -0.2) is 0 Å². The van der Waals surface area contributed by atoms with E-state index < -0.39 is 0 Å². The van der Waals surface area contributed by atoms with Crippen molar-refractivity contribution < 1.29 is 4.42 Å². The van der Waals surface area contributed by atoms with E-state index in [9.17, 15) is 0 Å². The van der Waals surface area contributed by atoms with Gasteiger partial charge in [0.15, 0.2) is 0 Å². The molecule has 1 N–H and O–H groups in total. The maximum Gasteiger partial charge on any atom is 0.105 e. The van der Waals surface area contributed by atoms with Gasteiger partial charge in [0.1, 0.15) is 5.76 Å². The molecule has 19 heavy (non-hydrogen) atoms. The molecule has 1 saturated heterocycles. The van der Waals surface area contributed by atoms with Gasteiger partial charge < -0.3 is 9.73 Å². The second-order valence-electron chi connectivity index (χ2n) is 5.82. The maximum atomic E-state index is 5.49. The Kier molecular flexibility index (Phi) is 5.93. The minimum Gasteiger partial charge on any atom is -0.469 e. The lowest BCUT2D eigenvalue weighted by Gasteiger charge is -2.33. The number of rotatable bonds is 7. The first-order valence-electron chi connectivity index (χ1n) is 7.76. The van der Waals surface area contributed by atoms with Crippen LogP contribution < -0.4 is 5.32 Å². The first-order chi connectivity index (χ1) is 9.29. The largest absolute Gasteiger partial charge is 0.469 e. The third kappa shape index (κ3) is 4.66. The second-order valence-corrected chi connectivity index (χ2v) is 5.82. The normalized spacial score (nSPS) is 18.9. The SMILES string of the molecule is CCCN(CC1CCNCC1)C(C)Cc1ccco1. The monoisotopic (exact) mass is 264 g/mol. The Morgan fingerprint density at radius 3 is 2.84 bits per heavy atom. The zero-order chi connectivity index (χ0) is 13.5. The summed E-state index contributed by atoms with van der Waals surface area (Å²) in [6, 6.07) is 4.64. The Morgan fingerprint density at radius 2 is 2.21 bits per heavy atom. The van der Waals surface area contributed by atoms with Crippen LogP contribution in [0.25, 0.3) is 0 Å². The average Bonchev–Trinajstić information content (AvgIpc) is 2.92. The Bertz CT molecular complexity index is 331. The van der Waals surface area contributed by atoms with E-state index in [0.29, 0.717) is 6.04 Å². The van der Waals surface area contributed by atoms with E-state index in [1.165, 1.54) is 45.4 Å². The number of nitrogens with one attached hydrogen (secondary N) is 1. The van der Waals surface area contributed by atoms with Gasteiger partial charge in [0, 0.05) is 19.0 Å². The van der Waals surface area contributed by atoms with Crippen molar-refractivity contribution in [3.05, 3.63) is 24.2 Å². The van der Waals surface area contributed by atoms with E-state index in [4.69, 9.17) is 4.42 Å². The summed E-state index contributed by atoms with van der Waals surface area (Å²) in [7, 11) is 0. The molecule has 1 unspecified atom stereocenters. The van der Waals surface area contributed by atoms with Crippen molar-refractivity contribution in [2.75, 3.05) is 26.2 Å². The summed E-state index contributed by atoms with van der Waals surface area (Å²) in [5, 5.41) is 3.45. The van der Waals surface area contributed by atoms with Gasteiger partial charge in [0.25, 0.3) is 0 Å². The molecule has 2 heterocycles. The van der Waals surface area contributed by atoms with E-state index >= 15 is 0 Å². The van der Waals surface area contributed by atoms with Crippen molar-refractivity contribution in [3.8, 4) is 0 Å². The third-order valence-electron chi connectivity index (χ3n) is 4.16. The van der Waals surface area contributed by atoms with Crippen LogP contribution in [0.5, 0.6) is 0 Å². The van der Waals surface area contributed by atoms with Crippen LogP contribution in [0.15, 0.2) is 22.8 Å². The third-order valence-corrected chi connectivity index (χ3v) is 4.16. The Balaban J connectivity index is 1.86. The lowest BCUT2D eigenvalue weighted by Crippen LogP contribution is -2.41. The van der Waals surface area contributed by atoms with E-state index in [1.807, 2.05) is 6.07 Å². The summed E-state index contributed by atoms with van der Waals surface area (Å²) in [6.45, 7) is 9.44. The van der Waals surface area contributed by atoms with Gasteiger partial charge in [-0.2, -0.15) is 0 Å². The van der Waals surface area contributed by atoms with Crippen molar-refractivity contribution >= 4 is 0 Å². The molecule has 0 bridgehead atoms. The molecule has 1 atom stereocenters. The fourth-order valence-corrected chi connectivity index (χ4v) is 3.02. The molecule has 0 saturated carbocycles. The molecule has 3 nitrogen and oxygen atoms in total. The molecule has 3 heteroatoms. The van der Waals surface area contributed by atoms with Crippen LogP contribution in [0.3, 0.4) is 0 Å². The van der Waals surface area contributed by atoms with Crippen LogP contribution in [0.1, 0.15) is 38.9 Å². The highest BCUT2D eigenvalue weighted by Crippen LogP contribution is 2.17. The van der Waals surface area contributed by atoms with Gasteiger partial charge in [-0.15, -0.1) is 0 Å². The zero-order valence-electron chi connectivity index (χ0n) is 12.4. The Hall–Kier alpha value is -0.800. The van der Waals surface area contributed by atoms with Crippen molar-refractivity contribution in [1.29, 1.82) is 0 Å². The number of hydrogen-bond acceptors (Lipinski definition) is 3. The smallest absolute Gasteiger partial charge is 0.105 e. The van der Waals surface area contributed by atoms with E-state index in [2.05, 4.69) is 30.1 Å². The molecule has 1 aromatic heterocycles. The minimum atomic E-state index is 0.570. The quantitative estimate of drug-likeness (QED) is 0.821. The highest BCUT2D eigenvalue weighted by molar-refractivity contribution is 5.00. The first-order valence-corrected chi connectivity index (χ1v) is 7.76. The van der Waals surface area contributed by atoms with Crippen molar-refractivity contribution in [3.63, 3.8) is 0 Å². The number of piperidine rings is 1. The van der Waals surface area contributed by atoms with Crippen LogP contribution in [0, 0.1) is 5.92 Å². The molecular weight excluding hydrogens is 236 g/mol. The zero-order valence-corrected chi connectivity index (χ0v) is 12.4. The molecule has 1 aliphatic heterocycles. The first kappa shape index (κ1) is 14.6. The van der Waals surface area contributed by atoms with E-state index in [1.54, 1.807) is 6.26 Å². The van der Waals surface area contributed by atoms with Gasteiger partial charge in [-0.05, 0) is 63.9 Å². The van der Waals surface area contributed by atoms with Gasteiger partial charge in [-0.3, -0.25) is 4.90 Å². The fraction of sp³-hybridized carbons (Fsp3) is 0.750. The molecule has 0 aliphatic carbocycles. The average molecular weight is 264 g/mol. The molecule has 1 aliphatic rings. The lowest BCUT2D eigenvalue weighted by atomic mass is 9.96. The van der Waals surface area contributed by atoms with Gasteiger partial charge in [0.2, 0.25) is 0 Å². The highest BCUT2D eigenvalue weighted by Gasteiger charge is 2.20. The van der Waals surface area contributed by atoms with Gasteiger partial charge in [-0.1, -0.05) is 6.92 Å². The molecule has 0 amide bonds. The summed E-state index contributed by atoms with van der Waals surface area (Å²) in [5.74, 6) is 1.98. The molecule has 0 aromatic carbocycles. The highest BCUT2D eigenvalue weighted by atomic mass is 16.3. The number of furan rings is 1. The van der Waals surface area contributed by atoms with Crippen molar-refractivity contribution in [2.24, 2.45) is 5.92 Å². The maximum absolute atomic E-state index is 5.49. The predicted octanol–water partition coefficient (Wildman–Crippen LogP) is 2.92. The number of hydrogen-bond donors (Lipinski definition) is 1. The Morgan fingerprint density at radius 1 is 1.42 bits per heavy atom. The van der Waals surface area contributed by atoms with Crippen LogP contribution in [-0.4, -0.2) is 37.1 Å². The fourth-order valence-electron chi connectivity index (χ4n) is 3.02. The topological polar surface area (TPSA) is 28.4 Å². The molecule has 2 rings (SSSR count). The molecule has 1 aromatic rings. The van der Waals surface area contributed by atoms with Gasteiger partial charge >= 0.3 is 0 Å². The van der Waals surface area contributed by atoms with Gasteiger partial charge in [0.05, 0.1) is 6.26 Å². The summed E-state index contributed by atoms with van der Waals surface area (Å²) in [4.78, 5) is 2.65. The lowest BCUT2D eigenvalue weighted by molar-refractivity contribution is 0.156.